The van der Waals surface area contributed by atoms with Gasteiger partial charge >= 0.3 is 11.9 Å². The molecule has 0 aromatic heterocycles. The van der Waals surface area contributed by atoms with Crippen LogP contribution in [0.1, 0.15) is 38.7 Å². The number of esters is 2. The fourth-order valence-corrected chi connectivity index (χ4v) is 1.76. The summed E-state index contributed by atoms with van der Waals surface area (Å²) in [6, 6.07) is 7.37. The van der Waals surface area contributed by atoms with E-state index in [1.165, 1.54) is 0 Å². The highest BCUT2D eigenvalue weighted by atomic mass is 16.5. The van der Waals surface area contributed by atoms with Gasteiger partial charge in [-0.25, -0.2) is 0 Å². The van der Waals surface area contributed by atoms with Crippen LogP contribution in [-0.2, 0) is 25.7 Å². The molecule has 0 saturated carbocycles. The summed E-state index contributed by atoms with van der Waals surface area (Å²) in [6.45, 7) is 4.53. The fraction of sp³-hybridized carbons (Fsp3) is 0.529. The minimum absolute atomic E-state index is 0.167. The Morgan fingerprint density at radius 3 is 2.32 bits per heavy atom. The van der Waals surface area contributed by atoms with Crippen LogP contribution in [0.15, 0.2) is 24.3 Å². The summed E-state index contributed by atoms with van der Waals surface area (Å²) < 4.78 is 15.4. The third-order valence-electron chi connectivity index (χ3n) is 2.92. The Morgan fingerprint density at radius 1 is 1.05 bits per heavy atom. The average Bonchev–Trinajstić information content (AvgIpc) is 2.51. The largest absolute Gasteiger partial charge is 0.496 e. The highest BCUT2D eigenvalue weighted by molar-refractivity contribution is 5.72. The van der Waals surface area contributed by atoms with E-state index in [1.807, 2.05) is 38.1 Å². The van der Waals surface area contributed by atoms with Crippen molar-refractivity contribution in [3.63, 3.8) is 0 Å². The molecule has 0 amide bonds. The number of carbonyl (C=O) groups excluding carboxylic acids is 2. The molecule has 122 valence electrons. The number of ether oxygens (including phenoxy) is 3. The molecule has 0 aliphatic carbocycles. The normalized spacial score (nSPS) is 10.4. The maximum Gasteiger partial charge on any atom is 0.306 e. The zero-order valence-electron chi connectivity index (χ0n) is 13.5. The van der Waals surface area contributed by atoms with Crippen molar-refractivity contribution in [1.29, 1.82) is 0 Å². The van der Waals surface area contributed by atoms with E-state index < -0.39 is 0 Å². The van der Waals surface area contributed by atoms with Crippen LogP contribution < -0.4 is 4.74 Å². The highest BCUT2D eigenvalue weighted by Gasteiger charge is 2.09. The number of benzene rings is 1. The van der Waals surface area contributed by atoms with Gasteiger partial charge < -0.3 is 14.2 Å². The Balaban J connectivity index is 2.22. The number of carbonyl (C=O) groups is 2. The van der Waals surface area contributed by atoms with Gasteiger partial charge in [0.05, 0.1) is 13.7 Å². The monoisotopic (exact) mass is 308 g/mol. The summed E-state index contributed by atoms with van der Waals surface area (Å²) in [7, 11) is 1.57. The van der Waals surface area contributed by atoms with E-state index in [9.17, 15) is 9.59 Å². The van der Waals surface area contributed by atoms with Crippen molar-refractivity contribution in [2.45, 2.75) is 39.7 Å². The lowest BCUT2D eigenvalue weighted by Crippen LogP contribution is -2.11. The van der Waals surface area contributed by atoms with Gasteiger partial charge in [-0.05, 0) is 18.4 Å². The predicted octanol–water partition coefficient (Wildman–Crippen LogP) is 3.11. The zero-order valence-corrected chi connectivity index (χ0v) is 13.5. The van der Waals surface area contributed by atoms with Crippen LogP contribution in [-0.4, -0.2) is 25.7 Å². The van der Waals surface area contributed by atoms with Gasteiger partial charge in [0.25, 0.3) is 0 Å². The van der Waals surface area contributed by atoms with E-state index >= 15 is 0 Å². The van der Waals surface area contributed by atoms with Crippen molar-refractivity contribution >= 4 is 11.9 Å². The van der Waals surface area contributed by atoms with E-state index in [0.29, 0.717) is 24.7 Å². The average molecular weight is 308 g/mol. The van der Waals surface area contributed by atoms with E-state index in [1.54, 1.807) is 7.11 Å². The van der Waals surface area contributed by atoms with Crippen molar-refractivity contribution in [2.24, 2.45) is 5.92 Å². The molecule has 1 rings (SSSR count). The minimum atomic E-state index is -0.331. The minimum Gasteiger partial charge on any atom is -0.496 e. The summed E-state index contributed by atoms with van der Waals surface area (Å²) in [6.07, 6.45) is 0.865. The first-order chi connectivity index (χ1) is 10.5. The summed E-state index contributed by atoms with van der Waals surface area (Å²) in [5.74, 6) is 0.399. The van der Waals surface area contributed by atoms with E-state index in [0.717, 1.165) is 5.56 Å². The first kappa shape index (κ1) is 18.0. The maximum absolute atomic E-state index is 11.6. The molecule has 1 aromatic carbocycles. The number of para-hydroxylation sites is 1. The molecule has 0 N–H and O–H groups in total. The number of hydrogen-bond acceptors (Lipinski definition) is 5. The second kappa shape index (κ2) is 9.82. The topological polar surface area (TPSA) is 61.8 Å². The zero-order chi connectivity index (χ0) is 16.4. The Morgan fingerprint density at radius 2 is 1.68 bits per heavy atom. The number of hydrogen-bond donors (Lipinski definition) is 0. The molecule has 0 fully saturated rings. The van der Waals surface area contributed by atoms with Gasteiger partial charge in [-0.2, -0.15) is 0 Å². The van der Waals surface area contributed by atoms with E-state index in [2.05, 4.69) is 0 Å². The SMILES string of the molecule is COc1ccccc1COC(=O)CCCC(=O)OCC(C)C. The van der Waals surface area contributed by atoms with Crippen LogP contribution in [0.5, 0.6) is 5.75 Å². The van der Waals surface area contributed by atoms with Gasteiger partial charge in [-0.15, -0.1) is 0 Å². The van der Waals surface area contributed by atoms with Gasteiger partial charge in [-0.3, -0.25) is 9.59 Å². The Labute approximate surface area is 131 Å². The molecule has 0 heterocycles. The van der Waals surface area contributed by atoms with Crippen LogP contribution in [0.2, 0.25) is 0 Å². The lowest BCUT2D eigenvalue weighted by atomic mass is 10.2. The van der Waals surface area contributed by atoms with Crippen molar-refractivity contribution in [2.75, 3.05) is 13.7 Å². The van der Waals surface area contributed by atoms with Crippen LogP contribution in [0.25, 0.3) is 0 Å². The molecule has 5 heteroatoms. The first-order valence-corrected chi connectivity index (χ1v) is 7.46. The Hall–Kier alpha value is -2.04. The smallest absolute Gasteiger partial charge is 0.306 e. The quantitative estimate of drug-likeness (QED) is 0.656. The molecule has 0 radical (unpaired) electrons. The van der Waals surface area contributed by atoms with Crippen molar-refractivity contribution in [3.05, 3.63) is 29.8 Å². The van der Waals surface area contributed by atoms with Crippen LogP contribution in [0, 0.1) is 5.92 Å². The van der Waals surface area contributed by atoms with Crippen molar-refractivity contribution in [1.82, 2.24) is 0 Å². The molecule has 22 heavy (non-hydrogen) atoms. The molecule has 0 bridgehead atoms. The molecule has 0 spiro atoms. The third-order valence-corrected chi connectivity index (χ3v) is 2.92. The molecule has 5 nitrogen and oxygen atoms in total. The van der Waals surface area contributed by atoms with E-state index in [4.69, 9.17) is 14.2 Å². The van der Waals surface area contributed by atoms with Gasteiger partial charge in [-0.1, -0.05) is 32.0 Å². The first-order valence-electron chi connectivity index (χ1n) is 7.46. The molecule has 0 atom stereocenters. The molecule has 0 aliphatic rings. The summed E-state index contributed by atoms with van der Waals surface area (Å²) in [4.78, 5) is 23.0. The van der Waals surface area contributed by atoms with E-state index in [-0.39, 0.29) is 31.4 Å². The molecular weight excluding hydrogens is 284 g/mol. The van der Waals surface area contributed by atoms with Gasteiger partial charge in [0.1, 0.15) is 12.4 Å². The summed E-state index contributed by atoms with van der Waals surface area (Å²) in [5.41, 5.74) is 0.815. The number of rotatable bonds is 9. The second-order valence-electron chi connectivity index (χ2n) is 5.40. The lowest BCUT2D eigenvalue weighted by molar-refractivity contribution is -0.146. The van der Waals surface area contributed by atoms with Crippen molar-refractivity contribution < 1.29 is 23.8 Å². The lowest BCUT2D eigenvalue weighted by Gasteiger charge is -2.09. The highest BCUT2D eigenvalue weighted by Crippen LogP contribution is 2.18. The molecule has 0 saturated heterocycles. The summed E-state index contributed by atoms with van der Waals surface area (Å²) >= 11 is 0. The third kappa shape index (κ3) is 7.11. The van der Waals surface area contributed by atoms with Crippen LogP contribution in [0.3, 0.4) is 0 Å². The molecule has 0 unspecified atom stereocenters. The molecule has 0 aliphatic heterocycles. The standard InChI is InChI=1S/C17H24O5/c1-13(2)11-21-16(18)9-6-10-17(19)22-12-14-7-4-5-8-15(14)20-3/h4-5,7-8,13H,6,9-12H2,1-3H3. The van der Waals surface area contributed by atoms with Gasteiger partial charge in [0.15, 0.2) is 0 Å². The predicted molar refractivity (Wildman–Crippen MR) is 82.4 cm³/mol. The fourth-order valence-electron chi connectivity index (χ4n) is 1.76. The second-order valence-corrected chi connectivity index (χ2v) is 5.40. The van der Waals surface area contributed by atoms with Crippen LogP contribution in [0.4, 0.5) is 0 Å². The molecular formula is C17H24O5. The maximum atomic E-state index is 11.6. The van der Waals surface area contributed by atoms with Crippen LogP contribution >= 0.6 is 0 Å². The molecule has 1 aromatic rings. The Bertz CT molecular complexity index is 482. The Kier molecular flexibility index (Phi) is 8.04. The summed E-state index contributed by atoms with van der Waals surface area (Å²) in [5, 5.41) is 0. The number of methoxy groups -OCH3 is 1. The van der Waals surface area contributed by atoms with Gasteiger partial charge in [0, 0.05) is 18.4 Å². The van der Waals surface area contributed by atoms with Gasteiger partial charge in [0.2, 0.25) is 0 Å². The van der Waals surface area contributed by atoms with Crippen molar-refractivity contribution in [3.8, 4) is 5.75 Å².